The van der Waals surface area contributed by atoms with E-state index in [-0.39, 0.29) is 17.7 Å². The summed E-state index contributed by atoms with van der Waals surface area (Å²) >= 11 is 1.31. The maximum atomic E-state index is 13.3. The third-order valence-corrected chi connectivity index (χ3v) is 7.41. The van der Waals surface area contributed by atoms with Gasteiger partial charge in [-0.15, -0.1) is 11.3 Å². The van der Waals surface area contributed by atoms with Crippen molar-refractivity contribution in [1.29, 1.82) is 0 Å². The van der Waals surface area contributed by atoms with Gasteiger partial charge in [0.15, 0.2) is 0 Å². The molecule has 2 N–H and O–H groups in total. The van der Waals surface area contributed by atoms with Crippen LogP contribution in [0.5, 0.6) is 0 Å². The first-order chi connectivity index (χ1) is 14.8. The zero-order chi connectivity index (χ0) is 22.3. The summed E-state index contributed by atoms with van der Waals surface area (Å²) in [5.41, 5.74) is 3.01. The summed E-state index contributed by atoms with van der Waals surface area (Å²) in [4.78, 5) is 38.8. The molecule has 0 aliphatic heterocycles. The van der Waals surface area contributed by atoms with Crippen LogP contribution >= 0.6 is 11.3 Å². The zero-order valence-electron chi connectivity index (χ0n) is 17.7. The van der Waals surface area contributed by atoms with Gasteiger partial charge in [0.05, 0.1) is 18.9 Å². The number of hydrogen-bond acceptors (Lipinski definition) is 5. The number of aliphatic carboxylic acids is 1. The number of rotatable bonds is 5. The zero-order valence-corrected chi connectivity index (χ0v) is 18.5. The molecule has 1 amide bonds. The van der Waals surface area contributed by atoms with Crippen LogP contribution in [0.15, 0.2) is 36.4 Å². The number of aryl methyl sites for hydroxylation is 2. The van der Waals surface area contributed by atoms with Crippen molar-refractivity contribution in [2.24, 2.45) is 23.7 Å². The number of fused-ring (bicyclic) bond motifs is 2. The largest absolute Gasteiger partial charge is 0.481 e. The Kier molecular flexibility index (Phi) is 5.71. The van der Waals surface area contributed by atoms with Gasteiger partial charge in [-0.05, 0) is 44.1 Å². The van der Waals surface area contributed by atoms with Crippen LogP contribution in [0, 0.1) is 37.5 Å². The molecular weight excluding hydrogens is 414 g/mol. The number of esters is 1. The summed E-state index contributed by atoms with van der Waals surface area (Å²) in [6, 6.07) is 7.81. The number of carboxylic acids is 1. The van der Waals surface area contributed by atoms with Crippen molar-refractivity contribution in [3.05, 3.63) is 52.4 Å². The average Bonchev–Trinajstić information content (AvgIpc) is 3.09. The predicted octanol–water partition coefficient (Wildman–Crippen LogP) is 4.67. The summed E-state index contributed by atoms with van der Waals surface area (Å²) < 4.78 is 5.02. The third-order valence-electron chi connectivity index (χ3n) is 6.39. The van der Waals surface area contributed by atoms with Gasteiger partial charge in [-0.1, -0.05) is 42.0 Å². The van der Waals surface area contributed by atoms with Gasteiger partial charge in [0.1, 0.15) is 10.6 Å². The third kappa shape index (κ3) is 3.78. The molecule has 5 rings (SSSR count). The lowest BCUT2D eigenvalue weighted by molar-refractivity contribution is -0.151. The van der Waals surface area contributed by atoms with Crippen LogP contribution in [0.3, 0.4) is 0 Å². The predicted molar refractivity (Wildman–Crippen MR) is 119 cm³/mol. The number of carbonyl (C=O) groups excluding carboxylic acids is 2. The molecule has 2 aromatic rings. The van der Waals surface area contributed by atoms with E-state index in [0.717, 1.165) is 34.4 Å². The Hall–Kier alpha value is -2.93. The van der Waals surface area contributed by atoms with E-state index < -0.39 is 23.8 Å². The molecule has 1 fully saturated rings. The van der Waals surface area contributed by atoms with Gasteiger partial charge in [0.2, 0.25) is 5.91 Å². The summed E-state index contributed by atoms with van der Waals surface area (Å²) in [6.07, 6.45) is 5.48. The number of benzene rings is 1. The van der Waals surface area contributed by atoms with Crippen molar-refractivity contribution in [2.75, 3.05) is 12.4 Å². The summed E-state index contributed by atoms with van der Waals surface area (Å²) in [5.74, 6) is -3.48. The molecule has 0 saturated heterocycles. The van der Waals surface area contributed by atoms with Crippen molar-refractivity contribution in [1.82, 2.24) is 0 Å². The van der Waals surface area contributed by atoms with E-state index in [2.05, 4.69) is 5.32 Å². The Morgan fingerprint density at radius 1 is 1.03 bits per heavy atom. The molecule has 7 heteroatoms. The van der Waals surface area contributed by atoms with Crippen molar-refractivity contribution >= 4 is 34.2 Å². The van der Waals surface area contributed by atoms with Gasteiger partial charge >= 0.3 is 11.9 Å². The molecule has 31 heavy (non-hydrogen) atoms. The Bertz CT molecular complexity index is 1070. The van der Waals surface area contributed by atoms with E-state index in [1.165, 1.54) is 18.4 Å². The SMILES string of the molecule is COC(=O)c1c(NC(=O)[C@H]2[C@@H](C(=O)O)[C@H]3C=C[C@@H]2CC3)sc(C)c1-c1ccc(C)cc1. The Labute approximate surface area is 184 Å². The molecule has 1 aromatic carbocycles. The number of ether oxygens (including phenoxy) is 1. The molecule has 1 aromatic heterocycles. The first-order valence-corrected chi connectivity index (χ1v) is 11.1. The van der Waals surface area contributed by atoms with Crippen LogP contribution in [0.4, 0.5) is 5.00 Å². The summed E-state index contributed by atoms with van der Waals surface area (Å²) in [5, 5.41) is 13.1. The van der Waals surface area contributed by atoms with Crippen molar-refractivity contribution < 1.29 is 24.2 Å². The highest BCUT2D eigenvalue weighted by Gasteiger charge is 2.48. The number of amides is 1. The number of thiophene rings is 1. The van der Waals surface area contributed by atoms with Gasteiger partial charge in [-0.25, -0.2) is 4.79 Å². The fourth-order valence-corrected chi connectivity index (χ4v) is 5.95. The summed E-state index contributed by atoms with van der Waals surface area (Å²) in [6.45, 7) is 3.88. The first kappa shape index (κ1) is 21.3. The molecule has 162 valence electrons. The van der Waals surface area contributed by atoms with Crippen LogP contribution < -0.4 is 5.32 Å². The molecular formula is C24H25NO5S. The smallest absolute Gasteiger partial charge is 0.341 e. The van der Waals surface area contributed by atoms with Crippen LogP contribution in [0.2, 0.25) is 0 Å². The van der Waals surface area contributed by atoms with E-state index >= 15 is 0 Å². The molecule has 2 bridgehead atoms. The van der Waals surface area contributed by atoms with Crippen LogP contribution in [-0.4, -0.2) is 30.1 Å². The van der Waals surface area contributed by atoms with E-state index in [9.17, 15) is 19.5 Å². The fourth-order valence-electron chi connectivity index (χ4n) is 4.88. The van der Waals surface area contributed by atoms with Crippen molar-refractivity contribution in [3.63, 3.8) is 0 Å². The molecule has 1 heterocycles. The lowest BCUT2D eigenvalue weighted by atomic mass is 9.62. The second-order valence-corrected chi connectivity index (χ2v) is 9.49. The lowest BCUT2D eigenvalue weighted by Gasteiger charge is -2.41. The van der Waals surface area contributed by atoms with Crippen LogP contribution in [0.1, 0.15) is 33.6 Å². The van der Waals surface area contributed by atoms with Gasteiger partial charge in [0.25, 0.3) is 0 Å². The Morgan fingerprint density at radius 2 is 1.65 bits per heavy atom. The van der Waals surface area contributed by atoms with Gasteiger partial charge < -0.3 is 15.2 Å². The molecule has 1 saturated carbocycles. The number of nitrogens with one attached hydrogen (secondary N) is 1. The topological polar surface area (TPSA) is 92.7 Å². The van der Waals surface area contributed by atoms with E-state index in [0.29, 0.717) is 10.6 Å². The molecule has 0 unspecified atom stereocenters. The summed E-state index contributed by atoms with van der Waals surface area (Å²) in [7, 11) is 1.31. The quantitative estimate of drug-likeness (QED) is 0.522. The number of carbonyl (C=O) groups is 3. The lowest BCUT2D eigenvalue weighted by Crippen LogP contribution is -2.47. The monoisotopic (exact) mass is 439 g/mol. The molecule has 3 aliphatic rings. The minimum absolute atomic E-state index is 0.106. The second kappa shape index (κ2) is 8.30. The maximum Gasteiger partial charge on any atom is 0.341 e. The van der Waals surface area contributed by atoms with Crippen LogP contribution in [0.25, 0.3) is 11.1 Å². The average molecular weight is 440 g/mol. The minimum atomic E-state index is -0.949. The van der Waals surface area contributed by atoms with Crippen molar-refractivity contribution in [3.8, 4) is 11.1 Å². The maximum absolute atomic E-state index is 13.3. The normalized spacial score (nSPS) is 24.1. The standard InChI is InChI=1S/C24H25NO5S/c1-12-4-6-14(7-5-12)17-13(2)31-22(20(17)24(29)30-3)25-21(26)18-15-8-10-16(11-9-15)19(18)23(27)28/h4-8,10,15-16,18-19H,9,11H2,1-3H3,(H,25,26)(H,27,28)/t15-,16+,18-,19+/m1/s1. The molecule has 4 atom stereocenters. The number of methoxy groups -OCH3 is 1. The molecule has 6 nitrogen and oxygen atoms in total. The minimum Gasteiger partial charge on any atom is -0.481 e. The molecule has 0 radical (unpaired) electrons. The van der Waals surface area contributed by atoms with Gasteiger partial charge in [-0.2, -0.15) is 0 Å². The van der Waals surface area contributed by atoms with Gasteiger partial charge in [-0.3, -0.25) is 9.59 Å². The first-order valence-electron chi connectivity index (χ1n) is 10.3. The van der Waals surface area contributed by atoms with E-state index in [1.54, 1.807) is 0 Å². The number of allylic oxidation sites excluding steroid dienone is 2. The number of carboxylic acid groups (broad SMARTS) is 1. The highest BCUT2D eigenvalue weighted by Crippen LogP contribution is 2.46. The number of anilines is 1. The highest BCUT2D eigenvalue weighted by molar-refractivity contribution is 7.17. The fraction of sp³-hybridized carbons (Fsp3) is 0.375. The molecule has 3 aliphatic carbocycles. The van der Waals surface area contributed by atoms with Gasteiger partial charge in [0, 0.05) is 10.4 Å². The molecule has 0 spiro atoms. The Morgan fingerprint density at radius 3 is 2.19 bits per heavy atom. The van der Waals surface area contributed by atoms with Crippen LogP contribution in [-0.2, 0) is 14.3 Å². The second-order valence-electron chi connectivity index (χ2n) is 8.26. The highest BCUT2D eigenvalue weighted by atomic mass is 32.1. The Balaban J connectivity index is 1.71. The van der Waals surface area contributed by atoms with E-state index in [4.69, 9.17) is 4.74 Å². The van der Waals surface area contributed by atoms with Crippen molar-refractivity contribution in [2.45, 2.75) is 26.7 Å². The number of hydrogen-bond donors (Lipinski definition) is 2. The van der Waals surface area contributed by atoms with E-state index in [1.807, 2.05) is 50.3 Å².